The van der Waals surface area contributed by atoms with Crippen LogP contribution in [0.5, 0.6) is 0 Å². The summed E-state index contributed by atoms with van der Waals surface area (Å²) in [6, 6.07) is 8.73. The Labute approximate surface area is 238 Å². The molecular weight excluding hydrogens is 499 g/mol. The smallest absolute Gasteiger partial charge is 0.137 e. The lowest BCUT2D eigenvalue weighted by Gasteiger charge is -2.53. The highest BCUT2D eigenvalue weighted by atomic mass is 19.1. The molecule has 5 heteroatoms. The summed E-state index contributed by atoms with van der Waals surface area (Å²) in [4.78, 5) is 27.4. The zero-order valence-corrected chi connectivity index (χ0v) is 24.1. The zero-order chi connectivity index (χ0) is 27.9. The highest BCUT2D eigenvalue weighted by Gasteiger charge is 2.58. The first-order valence-corrected chi connectivity index (χ1v) is 15.6. The van der Waals surface area contributed by atoms with Crippen LogP contribution >= 0.6 is 0 Å². The van der Waals surface area contributed by atoms with E-state index in [9.17, 15) is 9.70 Å². The fraction of sp³-hybridized carbons (Fsp3) is 0.629. The van der Waals surface area contributed by atoms with Crippen LogP contribution in [0.15, 0.2) is 52.2 Å². The highest BCUT2D eigenvalue weighted by Crippen LogP contribution is 2.66. The molecule has 0 amide bonds. The standard InChI is InChI=1S/C35H43FN2O2/c1-3-4-6-9-33(39)31-17-16-30-28-21-32(36)27-20-24(37-40)12-15-26(27)34(28)29(22-35(30,31)2)23-10-13-25(14-11-23)38-18-7-5-8-19-38/h10-11,13-14,20,24,28-32H,5-9,12,15-19,21-22H2,1-2H3/t24?,28-,29+,30-,31+,32?,35-/m0/s1. The van der Waals surface area contributed by atoms with Crippen molar-refractivity contribution in [2.45, 2.75) is 103 Å². The SMILES string of the molecule is CC#CCCC(=O)[C@H]1CC[C@H]2[C@@H]3CC(F)C4=CC(N=O)CCC4=C3[C@@H](c3ccc(N4CCCCC4)cc3)C[C@]12C. The number of ketones is 1. The Bertz CT molecular complexity index is 1260. The summed E-state index contributed by atoms with van der Waals surface area (Å²) in [5, 5.41) is 3.27. The van der Waals surface area contributed by atoms with Crippen molar-refractivity contribution in [1.82, 2.24) is 0 Å². The molecule has 4 aliphatic carbocycles. The molecule has 4 nitrogen and oxygen atoms in total. The van der Waals surface area contributed by atoms with Crippen molar-refractivity contribution >= 4 is 11.5 Å². The maximum absolute atomic E-state index is 15.9. The van der Waals surface area contributed by atoms with Crippen molar-refractivity contribution in [2.24, 2.45) is 28.3 Å². The summed E-state index contributed by atoms with van der Waals surface area (Å²) in [5.41, 5.74) is 5.71. The van der Waals surface area contributed by atoms with Crippen LogP contribution in [-0.4, -0.2) is 31.1 Å². The van der Waals surface area contributed by atoms with Gasteiger partial charge in [0.25, 0.3) is 0 Å². The number of halogens is 1. The largest absolute Gasteiger partial charge is 0.372 e. The number of carbonyl (C=O) groups is 1. The molecule has 5 aliphatic rings. The lowest BCUT2D eigenvalue weighted by Crippen LogP contribution is -2.46. The number of nitrogens with zero attached hydrogens (tertiary/aromatic N) is 2. The minimum Gasteiger partial charge on any atom is -0.372 e. The first-order chi connectivity index (χ1) is 19.4. The Kier molecular flexibility index (Phi) is 7.73. The first kappa shape index (κ1) is 27.4. The number of carbonyl (C=O) groups excluding carboxylic acids is 1. The van der Waals surface area contributed by atoms with Crippen molar-refractivity contribution in [3.8, 4) is 11.8 Å². The van der Waals surface area contributed by atoms with Gasteiger partial charge in [0.05, 0.1) is 0 Å². The van der Waals surface area contributed by atoms with Crippen LogP contribution in [0.25, 0.3) is 0 Å². The molecule has 0 radical (unpaired) electrons. The average Bonchev–Trinajstić information content (AvgIpc) is 3.34. The van der Waals surface area contributed by atoms with Gasteiger partial charge < -0.3 is 4.90 Å². The Morgan fingerprint density at radius 1 is 1.12 bits per heavy atom. The van der Waals surface area contributed by atoms with Gasteiger partial charge in [0.1, 0.15) is 18.0 Å². The summed E-state index contributed by atoms with van der Waals surface area (Å²) in [6.07, 6.45) is 10.3. The Balaban J connectivity index is 1.40. The third-order valence-corrected chi connectivity index (χ3v) is 11.1. The molecule has 0 aromatic heterocycles. The van der Waals surface area contributed by atoms with Crippen molar-refractivity contribution in [3.05, 3.63) is 57.5 Å². The number of anilines is 1. The molecule has 1 heterocycles. The molecule has 3 fully saturated rings. The molecule has 7 atom stereocenters. The molecule has 6 rings (SSSR count). The van der Waals surface area contributed by atoms with Gasteiger partial charge in [-0.05, 0) is 111 Å². The van der Waals surface area contributed by atoms with Gasteiger partial charge in [0, 0.05) is 43.5 Å². The van der Waals surface area contributed by atoms with Crippen LogP contribution in [0.4, 0.5) is 10.1 Å². The second-order valence-corrected chi connectivity index (χ2v) is 13.1. The first-order valence-electron chi connectivity index (χ1n) is 15.6. The number of Topliss-reactive ketones (excluding diaryl/α,β-unsaturated/α-hetero) is 1. The fourth-order valence-corrected chi connectivity index (χ4v) is 9.21. The molecule has 212 valence electrons. The minimum atomic E-state index is -1.06. The number of benzene rings is 1. The second-order valence-electron chi connectivity index (χ2n) is 13.1. The van der Waals surface area contributed by atoms with Gasteiger partial charge in [-0.1, -0.05) is 35.9 Å². The number of alkyl halides is 1. The number of nitroso groups, excluding NO2 is 1. The van der Waals surface area contributed by atoms with Crippen LogP contribution in [0.3, 0.4) is 0 Å². The number of allylic oxidation sites excluding steroid dienone is 3. The molecule has 0 bridgehead atoms. The van der Waals surface area contributed by atoms with Gasteiger partial charge in [0.15, 0.2) is 0 Å². The van der Waals surface area contributed by atoms with Crippen LogP contribution in [0, 0.1) is 39.9 Å². The van der Waals surface area contributed by atoms with Gasteiger partial charge in [0.2, 0.25) is 0 Å². The molecule has 0 N–H and O–H groups in total. The summed E-state index contributed by atoms with van der Waals surface area (Å²) in [6.45, 7) is 6.39. The summed E-state index contributed by atoms with van der Waals surface area (Å²) in [5.74, 6) is 6.98. The topological polar surface area (TPSA) is 49.7 Å². The molecule has 1 aromatic rings. The van der Waals surface area contributed by atoms with E-state index in [0.29, 0.717) is 37.4 Å². The van der Waals surface area contributed by atoms with E-state index in [1.54, 1.807) is 0 Å². The van der Waals surface area contributed by atoms with E-state index in [-0.39, 0.29) is 23.2 Å². The lowest BCUT2D eigenvalue weighted by molar-refractivity contribution is -0.127. The fourth-order valence-electron chi connectivity index (χ4n) is 9.21. The minimum absolute atomic E-state index is 0.0165. The third kappa shape index (κ3) is 4.76. The van der Waals surface area contributed by atoms with E-state index in [0.717, 1.165) is 49.9 Å². The van der Waals surface area contributed by atoms with Crippen molar-refractivity contribution in [2.75, 3.05) is 18.0 Å². The van der Waals surface area contributed by atoms with Crippen molar-refractivity contribution in [3.63, 3.8) is 0 Å². The summed E-state index contributed by atoms with van der Waals surface area (Å²) >= 11 is 0. The predicted molar refractivity (Wildman–Crippen MR) is 159 cm³/mol. The van der Waals surface area contributed by atoms with Gasteiger partial charge in [-0.15, -0.1) is 11.8 Å². The van der Waals surface area contributed by atoms with Crippen LogP contribution < -0.4 is 4.90 Å². The van der Waals surface area contributed by atoms with Gasteiger partial charge in [-0.3, -0.25) is 4.79 Å². The molecule has 1 aliphatic heterocycles. The zero-order valence-electron chi connectivity index (χ0n) is 24.1. The number of fused-ring (bicyclic) bond motifs is 4. The van der Waals surface area contributed by atoms with Crippen LogP contribution in [0.2, 0.25) is 0 Å². The molecule has 2 saturated carbocycles. The molecule has 1 aromatic carbocycles. The average molecular weight is 543 g/mol. The predicted octanol–water partition coefficient (Wildman–Crippen LogP) is 8.08. The van der Waals surface area contributed by atoms with Gasteiger partial charge >= 0.3 is 0 Å². The maximum atomic E-state index is 15.9. The normalized spacial score (nSPS) is 35.1. The number of piperidine rings is 1. The van der Waals surface area contributed by atoms with Crippen LogP contribution in [-0.2, 0) is 4.79 Å². The van der Waals surface area contributed by atoms with E-state index in [1.807, 2.05) is 13.0 Å². The third-order valence-electron chi connectivity index (χ3n) is 11.1. The quantitative estimate of drug-likeness (QED) is 0.270. The molecule has 2 unspecified atom stereocenters. The van der Waals surface area contributed by atoms with Crippen molar-refractivity contribution in [1.29, 1.82) is 0 Å². The Hall–Kier alpha value is -2.74. The molecule has 1 saturated heterocycles. The molecule has 40 heavy (non-hydrogen) atoms. The molecule has 0 spiro atoms. The van der Waals surface area contributed by atoms with Gasteiger partial charge in [-0.2, -0.15) is 4.91 Å². The number of hydrogen-bond acceptors (Lipinski definition) is 4. The Morgan fingerprint density at radius 2 is 1.90 bits per heavy atom. The summed E-state index contributed by atoms with van der Waals surface area (Å²) < 4.78 is 15.9. The van der Waals surface area contributed by atoms with E-state index >= 15 is 4.39 Å². The Morgan fingerprint density at radius 3 is 2.62 bits per heavy atom. The van der Waals surface area contributed by atoms with E-state index in [4.69, 9.17) is 0 Å². The molecular formula is C35H43FN2O2. The second kappa shape index (κ2) is 11.3. The summed E-state index contributed by atoms with van der Waals surface area (Å²) in [7, 11) is 0. The van der Waals surface area contributed by atoms with Crippen LogP contribution in [0.1, 0.15) is 96.0 Å². The number of hydrogen-bond donors (Lipinski definition) is 0. The van der Waals surface area contributed by atoms with E-state index in [2.05, 4.69) is 53.1 Å². The van der Waals surface area contributed by atoms with Crippen molar-refractivity contribution < 1.29 is 9.18 Å². The van der Waals surface area contributed by atoms with E-state index in [1.165, 1.54) is 36.1 Å². The monoisotopic (exact) mass is 542 g/mol. The van der Waals surface area contributed by atoms with Gasteiger partial charge in [-0.25, -0.2) is 4.39 Å². The number of rotatable bonds is 6. The van der Waals surface area contributed by atoms with E-state index < -0.39 is 12.2 Å². The maximum Gasteiger partial charge on any atom is 0.137 e. The lowest BCUT2D eigenvalue weighted by atomic mass is 9.51. The highest BCUT2D eigenvalue weighted by molar-refractivity contribution is 5.82.